The molecule has 0 saturated heterocycles. The van der Waals surface area contributed by atoms with Crippen molar-refractivity contribution in [2.75, 3.05) is 0 Å². The monoisotopic (exact) mass is 399 g/mol. The van der Waals surface area contributed by atoms with Crippen LogP contribution in [0.15, 0.2) is 83.7 Å². The van der Waals surface area contributed by atoms with Gasteiger partial charge in [0.2, 0.25) is 0 Å². The molecule has 1 amide bonds. The quantitative estimate of drug-likeness (QED) is 0.440. The molecule has 0 unspecified atom stereocenters. The maximum atomic E-state index is 13.6. The van der Waals surface area contributed by atoms with Gasteiger partial charge in [-0.05, 0) is 49.2 Å². The molecule has 4 rings (SSSR count). The maximum Gasteiger partial charge on any atom is 0.256 e. The van der Waals surface area contributed by atoms with E-state index in [4.69, 9.17) is 4.42 Å². The first-order valence-electron chi connectivity index (χ1n) is 10.0. The van der Waals surface area contributed by atoms with Crippen molar-refractivity contribution in [1.82, 2.24) is 14.5 Å². The van der Waals surface area contributed by atoms with Crippen LogP contribution >= 0.6 is 0 Å². The zero-order valence-electron chi connectivity index (χ0n) is 17.3. The van der Waals surface area contributed by atoms with Gasteiger partial charge in [-0.2, -0.15) is 0 Å². The van der Waals surface area contributed by atoms with Crippen molar-refractivity contribution in [3.63, 3.8) is 0 Å². The Bertz CT molecular complexity index is 1100. The molecule has 1 aromatic carbocycles. The van der Waals surface area contributed by atoms with Crippen LogP contribution in [0.2, 0.25) is 0 Å². The number of benzene rings is 1. The lowest BCUT2D eigenvalue weighted by atomic mass is 10.1. The highest BCUT2D eigenvalue weighted by atomic mass is 16.3. The molecule has 0 aliphatic rings. The van der Waals surface area contributed by atoms with E-state index in [2.05, 4.69) is 21.7 Å². The summed E-state index contributed by atoms with van der Waals surface area (Å²) in [6.45, 7) is 5.68. The minimum Gasteiger partial charge on any atom is -0.467 e. The molecule has 0 N–H and O–H groups in total. The van der Waals surface area contributed by atoms with E-state index in [9.17, 15) is 4.79 Å². The Hall–Kier alpha value is -3.60. The number of aromatic nitrogens is 2. The van der Waals surface area contributed by atoms with E-state index in [0.29, 0.717) is 13.1 Å². The molecule has 0 saturated carbocycles. The molecular formula is C25H25N3O2. The number of hydrogen-bond donors (Lipinski definition) is 0. The summed E-state index contributed by atoms with van der Waals surface area (Å²) in [5.41, 5.74) is 4.95. The van der Waals surface area contributed by atoms with E-state index in [1.165, 1.54) is 5.56 Å². The molecular weight excluding hydrogens is 374 g/mol. The summed E-state index contributed by atoms with van der Waals surface area (Å²) in [5, 5.41) is 0. The molecule has 0 atom stereocenters. The van der Waals surface area contributed by atoms with Gasteiger partial charge in [-0.15, -0.1) is 0 Å². The molecule has 0 spiro atoms. The highest BCUT2D eigenvalue weighted by molar-refractivity contribution is 5.95. The van der Waals surface area contributed by atoms with Crippen LogP contribution in [0.4, 0.5) is 0 Å². The van der Waals surface area contributed by atoms with Crippen LogP contribution in [-0.2, 0) is 19.6 Å². The third-order valence-electron chi connectivity index (χ3n) is 5.30. The van der Waals surface area contributed by atoms with Gasteiger partial charge >= 0.3 is 0 Å². The van der Waals surface area contributed by atoms with E-state index in [1.54, 1.807) is 18.7 Å². The van der Waals surface area contributed by atoms with Gasteiger partial charge in [0, 0.05) is 36.9 Å². The van der Waals surface area contributed by atoms with E-state index >= 15 is 0 Å². The van der Waals surface area contributed by atoms with Gasteiger partial charge in [-0.3, -0.25) is 9.78 Å². The van der Waals surface area contributed by atoms with E-state index < -0.39 is 0 Å². The molecule has 4 aromatic rings. The molecule has 30 heavy (non-hydrogen) atoms. The first-order valence-corrected chi connectivity index (χ1v) is 10.0. The van der Waals surface area contributed by atoms with Crippen molar-refractivity contribution < 1.29 is 9.21 Å². The zero-order valence-corrected chi connectivity index (χ0v) is 17.3. The Labute approximate surface area is 176 Å². The van der Waals surface area contributed by atoms with Crippen LogP contribution in [0.25, 0.3) is 0 Å². The van der Waals surface area contributed by atoms with Crippen LogP contribution in [0, 0.1) is 13.8 Å². The van der Waals surface area contributed by atoms with Crippen LogP contribution < -0.4 is 0 Å². The Balaban J connectivity index is 1.63. The van der Waals surface area contributed by atoms with E-state index in [0.717, 1.165) is 34.8 Å². The third-order valence-corrected chi connectivity index (χ3v) is 5.30. The standard InChI is InChI=1S/C25H25N3O2/c1-19-14-24(20(2)28(19)17-21-8-4-3-5-9-21)25(29)27(18-23-11-7-13-30-23)16-22-10-6-12-26-15-22/h3-15H,16-18H2,1-2H3. The average Bonchev–Trinajstić information content (AvgIpc) is 3.38. The second-order valence-electron chi connectivity index (χ2n) is 7.46. The lowest BCUT2D eigenvalue weighted by Crippen LogP contribution is -2.30. The Morgan fingerprint density at radius 1 is 1.00 bits per heavy atom. The van der Waals surface area contributed by atoms with Crippen molar-refractivity contribution in [3.8, 4) is 0 Å². The van der Waals surface area contributed by atoms with Gasteiger partial charge in [-0.1, -0.05) is 36.4 Å². The highest BCUT2D eigenvalue weighted by Gasteiger charge is 2.23. The van der Waals surface area contributed by atoms with Gasteiger partial charge in [0.1, 0.15) is 5.76 Å². The van der Waals surface area contributed by atoms with E-state index in [-0.39, 0.29) is 5.91 Å². The summed E-state index contributed by atoms with van der Waals surface area (Å²) < 4.78 is 7.70. The summed E-state index contributed by atoms with van der Waals surface area (Å²) in [4.78, 5) is 19.6. The molecule has 0 radical (unpaired) electrons. The second kappa shape index (κ2) is 8.82. The number of carbonyl (C=O) groups is 1. The Kier molecular flexibility index (Phi) is 5.80. The van der Waals surface area contributed by atoms with Crippen LogP contribution in [0.5, 0.6) is 0 Å². The van der Waals surface area contributed by atoms with Crippen molar-refractivity contribution >= 4 is 5.91 Å². The van der Waals surface area contributed by atoms with Gasteiger partial charge < -0.3 is 13.9 Å². The van der Waals surface area contributed by atoms with Crippen LogP contribution in [0.1, 0.15) is 38.6 Å². The van der Waals surface area contributed by atoms with Crippen molar-refractivity contribution in [2.45, 2.75) is 33.5 Å². The number of nitrogens with zero attached hydrogens (tertiary/aromatic N) is 3. The Morgan fingerprint density at radius 2 is 1.80 bits per heavy atom. The number of aryl methyl sites for hydroxylation is 1. The average molecular weight is 399 g/mol. The lowest BCUT2D eigenvalue weighted by molar-refractivity contribution is 0.0716. The minimum atomic E-state index is -0.0114. The van der Waals surface area contributed by atoms with Gasteiger partial charge in [0.15, 0.2) is 0 Å². The summed E-state index contributed by atoms with van der Waals surface area (Å²) in [6, 6.07) is 19.9. The maximum absolute atomic E-state index is 13.6. The Morgan fingerprint density at radius 3 is 2.50 bits per heavy atom. The van der Waals surface area contributed by atoms with Crippen LogP contribution in [0.3, 0.4) is 0 Å². The summed E-state index contributed by atoms with van der Waals surface area (Å²) in [5.74, 6) is 0.744. The molecule has 5 nitrogen and oxygen atoms in total. The molecule has 3 heterocycles. The summed E-state index contributed by atoms with van der Waals surface area (Å²) >= 11 is 0. The molecule has 3 aromatic heterocycles. The number of furan rings is 1. The van der Waals surface area contributed by atoms with Crippen LogP contribution in [-0.4, -0.2) is 20.4 Å². The van der Waals surface area contributed by atoms with E-state index in [1.807, 2.05) is 67.3 Å². The second-order valence-corrected chi connectivity index (χ2v) is 7.46. The number of hydrogen-bond acceptors (Lipinski definition) is 3. The number of pyridine rings is 1. The summed E-state index contributed by atoms with van der Waals surface area (Å²) in [6.07, 6.45) is 5.16. The van der Waals surface area contributed by atoms with Gasteiger partial charge in [-0.25, -0.2) is 0 Å². The third kappa shape index (κ3) is 4.35. The molecule has 0 aliphatic heterocycles. The van der Waals surface area contributed by atoms with Gasteiger partial charge in [0.05, 0.1) is 18.4 Å². The van der Waals surface area contributed by atoms with Crippen molar-refractivity contribution in [3.05, 3.63) is 113 Å². The first-order chi connectivity index (χ1) is 14.6. The first kappa shape index (κ1) is 19.7. The fraction of sp³-hybridized carbons (Fsp3) is 0.200. The lowest BCUT2D eigenvalue weighted by Gasteiger charge is -2.22. The van der Waals surface area contributed by atoms with Gasteiger partial charge in [0.25, 0.3) is 5.91 Å². The number of carbonyl (C=O) groups excluding carboxylic acids is 1. The summed E-state index contributed by atoms with van der Waals surface area (Å²) in [7, 11) is 0. The topological polar surface area (TPSA) is 51.3 Å². The largest absolute Gasteiger partial charge is 0.467 e. The predicted octanol–water partition coefficient (Wildman–Crippen LogP) is 4.98. The SMILES string of the molecule is Cc1cc(C(=O)N(Cc2cccnc2)Cc2ccco2)c(C)n1Cc1ccccc1. The molecule has 0 aliphatic carbocycles. The number of rotatable bonds is 7. The van der Waals surface area contributed by atoms with Crippen molar-refractivity contribution in [2.24, 2.45) is 0 Å². The highest BCUT2D eigenvalue weighted by Crippen LogP contribution is 2.21. The fourth-order valence-corrected chi connectivity index (χ4v) is 3.70. The number of amides is 1. The minimum absolute atomic E-state index is 0.0114. The molecule has 0 bridgehead atoms. The predicted molar refractivity (Wildman–Crippen MR) is 116 cm³/mol. The van der Waals surface area contributed by atoms with Crippen molar-refractivity contribution in [1.29, 1.82) is 0 Å². The normalized spacial score (nSPS) is 10.9. The smallest absolute Gasteiger partial charge is 0.256 e. The molecule has 152 valence electrons. The molecule has 5 heteroatoms. The fourth-order valence-electron chi connectivity index (χ4n) is 3.70. The zero-order chi connectivity index (χ0) is 20.9. The molecule has 0 fully saturated rings.